The molecule has 0 aliphatic carbocycles. The highest BCUT2D eigenvalue weighted by atomic mass is 32.2. The second kappa shape index (κ2) is 9.48. The van der Waals surface area contributed by atoms with E-state index in [2.05, 4.69) is 42.6 Å². The molecule has 3 aromatic heterocycles. The van der Waals surface area contributed by atoms with Crippen molar-refractivity contribution in [2.75, 3.05) is 18.1 Å². The average molecular weight is 534 g/mol. The Balaban J connectivity index is 1.54. The Morgan fingerprint density at radius 2 is 1.92 bits per heavy atom. The zero-order chi connectivity index (χ0) is 27.2. The molecule has 0 amide bonds. The van der Waals surface area contributed by atoms with E-state index in [1.165, 1.54) is 16.8 Å². The lowest BCUT2D eigenvalue weighted by Gasteiger charge is -2.27. The maximum absolute atomic E-state index is 13.3. The highest BCUT2D eigenvalue weighted by molar-refractivity contribution is 7.88. The van der Waals surface area contributed by atoms with Crippen molar-refractivity contribution in [3.8, 4) is 5.69 Å². The van der Waals surface area contributed by atoms with E-state index < -0.39 is 10.0 Å². The topological polar surface area (TPSA) is 115 Å². The number of hydrogen-bond donors (Lipinski definition) is 1. The normalized spacial score (nSPS) is 14.4. The molecular weight excluding hydrogens is 502 g/mol. The molecule has 0 radical (unpaired) electrons. The Bertz CT molecular complexity index is 1720. The number of nitrogens with zero attached hydrogens (tertiary/aromatic N) is 6. The number of sulfonamides is 1. The van der Waals surface area contributed by atoms with Gasteiger partial charge in [0.05, 0.1) is 18.5 Å². The first-order chi connectivity index (χ1) is 18.0. The summed E-state index contributed by atoms with van der Waals surface area (Å²) in [7, 11) is -3.23. The van der Waals surface area contributed by atoms with Crippen LogP contribution in [-0.2, 0) is 34.9 Å². The van der Waals surface area contributed by atoms with E-state index in [1.807, 2.05) is 30.3 Å². The molecule has 5 rings (SSSR count). The van der Waals surface area contributed by atoms with E-state index in [4.69, 9.17) is 4.98 Å². The molecule has 0 bridgehead atoms. The van der Waals surface area contributed by atoms with E-state index in [0.29, 0.717) is 43.0 Å². The third-order valence-electron chi connectivity index (χ3n) is 6.64. The fourth-order valence-corrected chi connectivity index (χ4v) is 5.41. The van der Waals surface area contributed by atoms with Crippen LogP contribution in [0.1, 0.15) is 37.6 Å². The SMILES string of the molecule is C=CCn1c(=O)c2cnc(Nc3ccc4c(c3)CCN(S(C)(=O)=O)C4)nc2n1-c1ccnc(C(C)(C)C)c1. The van der Waals surface area contributed by atoms with Crippen molar-refractivity contribution >= 4 is 32.7 Å². The summed E-state index contributed by atoms with van der Waals surface area (Å²) in [5.41, 5.74) is 4.61. The molecule has 198 valence electrons. The number of nitrogens with one attached hydrogen (secondary N) is 1. The summed E-state index contributed by atoms with van der Waals surface area (Å²) in [5, 5.41) is 3.65. The van der Waals surface area contributed by atoms with Crippen LogP contribution in [0.4, 0.5) is 11.6 Å². The summed E-state index contributed by atoms with van der Waals surface area (Å²) in [6.45, 7) is 11.2. The fourth-order valence-electron chi connectivity index (χ4n) is 4.62. The summed E-state index contributed by atoms with van der Waals surface area (Å²) >= 11 is 0. The number of rotatable bonds is 6. The van der Waals surface area contributed by atoms with Crippen LogP contribution < -0.4 is 10.9 Å². The van der Waals surface area contributed by atoms with Crippen LogP contribution in [0.25, 0.3) is 16.7 Å². The van der Waals surface area contributed by atoms with Gasteiger partial charge in [-0.3, -0.25) is 9.78 Å². The van der Waals surface area contributed by atoms with Crippen molar-refractivity contribution in [3.63, 3.8) is 0 Å². The highest BCUT2D eigenvalue weighted by Crippen LogP contribution is 2.27. The molecule has 0 spiro atoms. The first-order valence-electron chi connectivity index (χ1n) is 12.4. The molecule has 1 N–H and O–H groups in total. The largest absolute Gasteiger partial charge is 0.324 e. The number of fused-ring (bicyclic) bond motifs is 2. The van der Waals surface area contributed by atoms with Crippen molar-refractivity contribution in [3.05, 3.63) is 82.6 Å². The molecule has 1 aliphatic heterocycles. The Kier molecular flexibility index (Phi) is 6.44. The van der Waals surface area contributed by atoms with E-state index in [0.717, 1.165) is 28.2 Å². The second-order valence-corrected chi connectivity index (χ2v) is 12.5. The van der Waals surface area contributed by atoms with Gasteiger partial charge < -0.3 is 5.32 Å². The van der Waals surface area contributed by atoms with Crippen LogP contribution in [0.15, 0.2) is 60.2 Å². The van der Waals surface area contributed by atoms with Gasteiger partial charge in [0.15, 0.2) is 5.65 Å². The number of hydrogen-bond acceptors (Lipinski definition) is 7. The summed E-state index contributed by atoms with van der Waals surface area (Å²) in [6, 6.07) is 9.63. The van der Waals surface area contributed by atoms with Gasteiger partial charge in [-0.1, -0.05) is 32.9 Å². The minimum Gasteiger partial charge on any atom is -0.324 e. The molecule has 10 nitrogen and oxygen atoms in total. The molecule has 0 saturated heterocycles. The molecule has 11 heteroatoms. The van der Waals surface area contributed by atoms with E-state index >= 15 is 0 Å². The zero-order valence-electron chi connectivity index (χ0n) is 22.0. The van der Waals surface area contributed by atoms with Gasteiger partial charge in [0.1, 0.15) is 5.39 Å². The second-order valence-electron chi connectivity index (χ2n) is 10.5. The lowest BCUT2D eigenvalue weighted by Crippen LogP contribution is -2.35. The standard InChI is InChI=1S/C27H31N7O3S/c1-6-12-33-25(35)22-16-29-26(31-24(22)34(33)21-9-11-28-23(15-21)27(2,3)4)30-20-8-7-19-17-32(38(5,36)37)13-10-18(19)14-20/h6-9,11,14-16H,1,10,12-13,17H2,2-5H3,(H,29,30,31). The predicted octanol–water partition coefficient (Wildman–Crippen LogP) is 3.52. The van der Waals surface area contributed by atoms with Crippen LogP contribution >= 0.6 is 0 Å². The Labute approximate surface area is 221 Å². The van der Waals surface area contributed by atoms with Crippen molar-refractivity contribution in [2.45, 2.75) is 45.7 Å². The van der Waals surface area contributed by atoms with Crippen LogP contribution in [0.3, 0.4) is 0 Å². The molecule has 0 atom stereocenters. The van der Waals surface area contributed by atoms with Crippen LogP contribution in [-0.4, -0.2) is 49.8 Å². The van der Waals surface area contributed by atoms with Crippen molar-refractivity contribution in [1.29, 1.82) is 0 Å². The number of benzene rings is 1. The Morgan fingerprint density at radius 3 is 2.63 bits per heavy atom. The molecule has 1 aliphatic rings. The lowest BCUT2D eigenvalue weighted by molar-refractivity contribution is 0.395. The lowest BCUT2D eigenvalue weighted by atomic mass is 9.91. The van der Waals surface area contributed by atoms with Crippen LogP contribution in [0.5, 0.6) is 0 Å². The van der Waals surface area contributed by atoms with Gasteiger partial charge in [-0.15, -0.1) is 6.58 Å². The fraction of sp³-hybridized carbons (Fsp3) is 0.333. The van der Waals surface area contributed by atoms with Gasteiger partial charge >= 0.3 is 0 Å². The van der Waals surface area contributed by atoms with Crippen LogP contribution in [0, 0.1) is 0 Å². The maximum atomic E-state index is 13.3. The van der Waals surface area contributed by atoms with Gasteiger partial charge in [0.2, 0.25) is 16.0 Å². The van der Waals surface area contributed by atoms with Gasteiger partial charge in [0.25, 0.3) is 5.56 Å². The van der Waals surface area contributed by atoms with E-state index in [-0.39, 0.29) is 11.0 Å². The quantitative estimate of drug-likeness (QED) is 0.377. The number of aromatic nitrogens is 5. The molecule has 4 heterocycles. The smallest absolute Gasteiger partial charge is 0.278 e. The van der Waals surface area contributed by atoms with Crippen molar-refractivity contribution < 1.29 is 8.42 Å². The summed E-state index contributed by atoms with van der Waals surface area (Å²) in [4.78, 5) is 26.9. The summed E-state index contributed by atoms with van der Waals surface area (Å²) in [6.07, 6.45) is 6.81. The molecule has 0 saturated carbocycles. The molecule has 0 fully saturated rings. The first-order valence-corrected chi connectivity index (χ1v) is 14.2. The minimum atomic E-state index is -3.23. The summed E-state index contributed by atoms with van der Waals surface area (Å²) < 4.78 is 28.7. The monoisotopic (exact) mass is 533 g/mol. The number of allylic oxidation sites excluding steroid dienone is 1. The van der Waals surface area contributed by atoms with E-state index in [9.17, 15) is 13.2 Å². The van der Waals surface area contributed by atoms with Crippen LogP contribution in [0.2, 0.25) is 0 Å². The van der Waals surface area contributed by atoms with Crippen molar-refractivity contribution in [1.82, 2.24) is 28.6 Å². The third-order valence-corrected chi connectivity index (χ3v) is 7.89. The minimum absolute atomic E-state index is 0.172. The van der Waals surface area contributed by atoms with Gasteiger partial charge in [-0.25, -0.2) is 22.8 Å². The number of pyridine rings is 1. The van der Waals surface area contributed by atoms with Crippen molar-refractivity contribution in [2.24, 2.45) is 0 Å². The third kappa shape index (κ3) is 4.86. The molecule has 0 unspecified atom stereocenters. The molecule has 4 aromatic rings. The molecule has 38 heavy (non-hydrogen) atoms. The summed E-state index contributed by atoms with van der Waals surface area (Å²) in [5.74, 6) is 0.348. The zero-order valence-corrected chi connectivity index (χ0v) is 22.8. The van der Waals surface area contributed by atoms with Gasteiger partial charge in [-0.05, 0) is 41.8 Å². The predicted molar refractivity (Wildman–Crippen MR) is 148 cm³/mol. The Hall–Kier alpha value is -3.83. The van der Waals surface area contributed by atoms with Gasteiger partial charge in [-0.2, -0.15) is 9.29 Å². The molecule has 1 aromatic carbocycles. The highest BCUT2D eigenvalue weighted by Gasteiger charge is 2.24. The number of anilines is 2. The first kappa shape index (κ1) is 25.8. The van der Waals surface area contributed by atoms with Gasteiger partial charge in [0, 0.05) is 42.3 Å². The average Bonchev–Trinajstić information content (AvgIpc) is 3.13. The molecular formula is C27H31N7O3S. The maximum Gasteiger partial charge on any atom is 0.278 e. The van der Waals surface area contributed by atoms with E-state index in [1.54, 1.807) is 21.6 Å². The Morgan fingerprint density at radius 1 is 1.13 bits per heavy atom.